The highest BCUT2D eigenvalue weighted by molar-refractivity contribution is 7.22. The third-order valence-electron chi connectivity index (χ3n) is 6.10. The summed E-state index contributed by atoms with van der Waals surface area (Å²) < 4.78 is 13.9. The predicted octanol–water partition coefficient (Wildman–Crippen LogP) is 3.81. The monoisotopic (exact) mass is 391 g/mol. The number of aromatic nitrogens is 2. The molecule has 4 atom stereocenters. The molecule has 28 heavy (non-hydrogen) atoms. The first-order valence-electron chi connectivity index (χ1n) is 9.19. The van der Waals surface area contributed by atoms with Gasteiger partial charge in [0.05, 0.1) is 22.1 Å². The zero-order valence-electron chi connectivity index (χ0n) is 14.6. The van der Waals surface area contributed by atoms with Crippen molar-refractivity contribution in [3.05, 3.63) is 54.6 Å². The number of anilines is 1. The molecule has 2 unspecified atom stereocenters. The molecule has 1 saturated heterocycles. The zero-order valence-corrected chi connectivity index (χ0v) is 15.4. The Morgan fingerprint density at radius 3 is 2.39 bits per heavy atom. The van der Waals surface area contributed by atoms with Crippen molar-refractivity contribution in [1.82, 2.24) is 9.97 Å². The van der Waals surface area contributed by atoms with Crippen LogP contribution in [0.25, 0.3) is 21.3 Å². The van der Waals surface area contributed by atoms with Gasteiger partial charge in [0.15, 0.2) is 5.13 Å². The normalized spacial score (nSPS) is 28.0. The fraction of sp³-hybridized carbons (Fsp3) is 0.238. The average molecular weight is 391 g/mol. The summed E-state index contributed by atoms with van der Waals surface area (Å²) in [6.07, 6.45) is 6.56. The lowest BCUT2D eigenvalue weighted by Crippen LogP contribution is -2.32. The molecular weight excluding hydrogens is 377 g/mol. The van der Waals surface area contributed by atoms with E-state index in [1.807, 2.05) is 18.2 Å². The molecule has 3 heterocycles. The van der Waals surface area contributed by atoms with Crippen LogP contribution >= 0.6 is 11.3 Å². The van der Waals surface area contributed by atoms with Crippen molar-refractivity contribution in [3.8, 4) is 11.1 Å². The van der Waals surface area contributed by atoms with Gasteiger partial charge in [0, 0.05) is 11.8 Å². The number of nitrogens with zero attached hydrogens (tertiary/aromatic N) is 3. The molecule has 0 N–H and O–H groups in total. The third kappa shape index (κ3) is 2.10. The summed E-state index contributed by atoms with van der Waals surface area (Å²) in [6, 6.07) is 8.66. The Kier molecular flexibility index (Phi) is 3.18. The summed E-state index contributed by atoms with van der Waals surface area (Å²) in [4.78, 5) is 35.5. The molecular formula is C21H14FN3O2S. The van der Waals surface area contributed by atoms with Crippen LogP contribution in [-0.4, -0.2) is 21.8 Å². The van der Waals surface area contributed by atoms with Crippen molar-refractivity contribution in [2.24, 2.45) is 23.7 Å². The van der Waals surface area contributed by atoms with Gasteiger partial charge < -0.3 is 0 Å². The highest BCUT2D eigenvalue weighted by atomic mass is 32.1. The summed E-state index contributed by atoms with van der Waals surface area (Å²) in [5.74, 6) is -0.842. The van der Waals surface area contributed by atoms with Crippen LogP contribution in [-0.2, 0) is 9.59 Å². The average Bonchev–Trinajstić information content (AvgIpc) is 3.44. The number of carbonyl (C=O) groups is 2. The van der Waals surface area contributed by atoms with Crippen LogP contribution in [0.1, 0.15) is 6.42 Å². The molecule has 138 valence electrons. The van der Waals surface area contributed by atoms with Crippen molar-refractivity contribution in [3.63, 3.8) is 0 Å². The van der Waals surface area contributed by atoms with E-state index in [9.17, 15) is 14.0 Å². The van der Waals surface area contributed by atoms with E-state index in [0.717, 1.165) is 27.8 Å². The maximum absolute atomic E-state index is 13.1. The molecule has 0 radical (unpaired) electrons. The molecule has 2 fully saturated rings. The van der Waals surface area contributed by atoms with Gasteiger partial charge >= 0.3 is 0 Å². The standard InChI is InChI=1S/C21H14FN3O2S/c22-16-6-4-13(9-23-16)10-3-5-14-15(8-10)28-21(24-14)25-19(26)17-11-1-2-12(7-11)18(17)20(25)27/h1-6,8-9,11-12,17-18H,7H2/t11?,12?,17-,18+. The first kappa shape index (κ1) is 16.1. The number of benzene rings is 1. The number of hydrogen-bond donors (Lipinski definition) is 0. The number of imide groups is 1. The van der Waals surface area contributed by atoms with Gasteiger partial charge in [-0.2, -0.15) is 4.39 Å². The predicted molar refractivity (Wildman–Crippen MR) is 103 cm³/mol. The molecule has 3 aliphatic rings. The summed E-state index contributed by atoms with van der Waals surface area (Å²) in [5.41, 5.74) is 2.41. The molecule has 5 nitrogen and oxygen atoms in total. The Hall–Kier alpha value is -2.93. The minimum atomic E-state index is -0.523. The van der Waals surface area contributed by atoms with Gasteiger partial charge in [-0.05, 0) is 48.1 Å². The van der Waals surface area contributed by atoms with E-state index in [1.165, 1.54) is 28.5 Å². The number of thiazole rings is 1. The van der Waals surface area contributed by atoms with Crippen LogP contribution in [0.2, 0.25) is 0 Å². The van der Waals surface area contributed by atoms with Gasteiger partial charge in [-0.25, -0.2) is 14.9 Å². The number of hydrogen-bond acceptors (Lipinski definition) is 5. The molecule has 1 saturated carbocycles. The fourth-order valence-electron chi connectivity index (χ4n) is 4.83. The second-order valence-corrected chi connectivity index (χ2v) is 8.57. The lowest BCUT2D eigenvalue weighted by atomic mass is 9.85. The molecule has 0 spiro atoms. The summed E-state index contributed by atoms with van der Waals surface area (Å²) in [5, 5.41) is 0.438. The molecule has 2 amide bonds. The van der Waals surface area contributed by atoms with Gasteiger partial charge in [-0.15, -0.1) is 0 Å². The number of fused-ring (bicyclic) bond motifs is 6. The van der Waals surface area contributed by atoms with Crippen LogP contribution in [0, 0.1) is 29.6 Å². The summed E-state index contributed by atoms with van der Waals surface area (Å²) in [6.45, 7) is 0. The maximum atomic E-state index is 13.1. The maximum Gasteiger partial charge on any atom is 0.240 e. The molecule has 3 aromatic rings. The van der Waals surface area contributed by atoms with Crippen LogP contribution in [0.5, 0.6) is 0 Å². The second-order valence-electron chi connectivity index (χ2n) is 7.56. The minimum absolute atomic E-state index is 0.117. The van der Waals surface area contributed by atoms with E-state index in [4.69, 9.17) is 0 Å². The number of rotatable bonds is 2. The summed E-state index contributed by atoms with van der Waals surface area (Å²) >= 11 is 1.33. The highest BCUT2D eigenvalue weighted by Gasteiger charge is 2.60. The molecule has 6 rings (SSSR count). The van der Waals surface area contributed by atoms with E-state index >= 15 is 0 Å². The Bertz CT molecular complexity index is 1160. The molecule has 1 aromatic carbocycles. The molecule has 7 heteroatoms. The number of amides is 2. The molecule has 2 aromatic heterocycles. The number of halogens is 1. The number of pyridine rings is 1. The van der Waals surface area contributed by atoms with Crippen molar-refractivity contribution >= 4 is 38.5 Å². The van der Waals surface area contributed by atoms with Crippen LogP contribution in [0.3, 0.4) is 0 Å². The van der Waals surface area contributed by atoms with Crippen molar-refractivity contribution < 1.29 is 14.0 Å². The van der Waals surface area contributed by atoms with Crippen molar-refractivity contribution in [1.29, 1.82) is 0 Å². The SMILES string of the molecule is O=C1[C@@H]2C3C=CC(C3)[C@@H]2C(=O)N1c1nc2ccc(-c3ccc(F)nc3)cc2s1. The first-order valence-corrected chi connectivity index (χ1v) is 10.0. The topological polar surface area (TPSA) is 63.2 Å². The van der Waals surface area contributed by atoms with Gasteiger partial charge in [0.1, 0.15) is 0 Å². The Balaban J connectivity index is 1.38. The number of carbonyl (C=O) groups excluding carboxylic acids is 2. The third-order valence-corrected chi connectivity index (χ3v) is 7.10. The van der Waals surface area contributed by atoms with Crippen molar-refractivity contribution in [2.75, 3.05) is 4.90 Å². The largest absolute Gasteiger partial charge is 0.274 e. The van der Waals surface area contributed by atoms with E-state index in [2.05, 4.69) is 22.1 Å². The zero-order chi connectivity index (χ0) is 19.0. The highest BCUT2D eigenvalue weighted by Crippen LogP contribution is 2.53. The molecule has 2 aliphatic carbocycles. The number of allylic oxidation sites excluding steroid dienone is 2. The smallest absolute Gasteiger partial charge is 0.240 e. The Labute approximate surface area is 163 Å². The van der Waals surface area contributed by atoms with Gasteiger partial charge in [0.25, 0.3) is 0 Å². The van der Waals surface area contributed by atoms with E-state index < -0.39 is 5.95 Å². The van der Waals surface area contributed by atoms with Crippen LogP contribution in [0.15, 0.2) is 48.7 Å². The Morgan fingerprint density at radius 1 is 1.00 bits per heavy atom. The lowest BCUT2D eigenvalue weighted by Gasteiger charge is -2.14. The van der Waals surface area contributed by atoms with Crippen molar-refractivity contribution in [2.45, 2.75) is 6.42 Å². The van der Waals surface area contributed by atoms with Crippen LogP contribution in [0.4, 0.5) is 9.52 Å². The summed E-state index contributed by atoms with van der Waals surface area (Å²) in [7, 11) is 0. The second kappa shape index (κ2) is 5.54. The Morgan fingerprint density at radius 2 is 1.71 bits per heavy atom. The van der Waals surface area contributed by atoms with E-state index in [1.54, 1.807) is 6.07 Å². The first-order chi connectivity index (χ1) is 13.6. The van der Waals surface area contributed by atoms with E-state index in [-0.39, 0.29) is 35.5 Å². The quantitative estimate of drug-likeness (QED) is 0.379. The van der Waals surface area contributed by atoms with Gasteiger partial charge in [-0.1, -0.05) is 29.6 Å². The molecule has 2 bridgehead atoms. The minimum Gasteiger partial charge on any atom is -0.274 e. The van der Waals surface area contributed by atoms with Crippen LogP contribution < -0.4 is 4.90 Å². The van der Waals surface area contributed by atoms with Gasteiger partial charge in [-0.3, -0.25) is 9.59 Å². The fourth-order valence-corrected chi connectivity index (χ4v) is 5.84. The van der Waals surface area contributed by atoms with Gasteiger partial charge in [0.2, 0.25) is 17.8 Å². The molecule has 1 aliphatic heterocycles. The lowest BCUT2D eigenvalue weighted by molar-refractivity contribution is -0.123. The van der Waals surface area contributed by atoms with E-state index in [0.29, 0.717) is 5.13 Å².